The largest absolute Gasteiger partial charge is 0.426 e. The molecule has 1 aromatic rings. The molecule has 0 heterocycles. The summed E-state index contributed by atoms with van der Waals surface area (Å²) in [6, 6.07) is 9.61. The summed E-state index contributed by atoms with van der Waals surface area (Å²) in [5.41, 5.74) is 0.935. The number of allylic oxidation sites excluding steroid dienone is 1. The van der Waals surface area contributed by atoms with E-state index in [1.807, 2.05) is 43.3 Å². The van der Waals surface area contributed by atoms with E-state index in [1.54, 1.807) is 0 Å². The van der Waals surface area contributed by atoms with Crippen molar-refractivity contribution in [1.29, 1.82) is 0 Å². The molecule has 0 fully saturated rings. The van der Waals surface area contributed by atoms with Crippen molar-refractivity contribution in [3.63, 3.8) is 0 Å². The molecule has 14 heavy (non-hydrogen) atoms. The first-order chi connectivity index (χ1) is 6.74. The second-order valence-electron chi connectivity index (χ2n) is 2.94. The third-order valence-electron chi connectivity index (χ3n) is 1.70. The topological polar surface area (TPSA) is 26.3 Å². The minimum Gasteiger partial charge on any atom is -0.426 e. The molecule has 0 bridgehead atoms. The Labute approximate surface area is 84.2 Å². The van der Waals surface area contributed by atoms with Crippen LogP contribution in [-0.4, -0.2) is 5.97 Å². The van der Waals surface area contributed by atoms with E-state index in [0.29, 0.717) is 5.76 Å². The minimum absolute atomic E-state index is 0.284. The average Bonchev–Trinajstić information content (AvgIpc) is 2.18. The first-order valence-electron chi connectivity index (χ1n) is 4.68. The third kappa shape index (κ3) is 3.05. The molecule has 0 radical (unpaired) electrons. The molecule has 0 N–H and O–H groups in total. The van der Waals surface area contributed by atoms with Crippen molar-refractivity contribution < 1.29 is 9.53 Å². The van der Waals surface area contributed by atoms with E-state index in [9.17, 15) is 4.79 Å². The number of hydrogen-bond donors (Lipinski definition) is 0. The highest BCUT2D eigenvalue weighted by Crippen LogP contribution is 2.16. The van der Waals surface area contributed by atoms with Crippen molar-refractivity contribution in [3.05, 3.63) is 42.0 Å². The molecule has 0 saturated heterocycles. The van der Waals surface area contributed by atoms with Gasteiger partial charge in [-0.1, -0.05) is 37.3 Å². The molecule has 74 valence electrons. The molecule has 0 aliphatic heterocycles. The Balaban J connectivity index is 2.89. The average molecular weight is 190 g/mol. The molecular formula is C12H14O2. The van der Waals surface area contributed by atoms with E-state index in [-0.39, 0.29) is 5.97 Å². The van der Waals surface area contributed by atoms with Crippen LogP contribution >= 0.6 is 0 Å². The van der Waals surface area contributed by atoms with E-state index in [4.69, 9.17) is 4.74 Å². The van der Waals surface area contributed by atoms with Gasteiger partial charge in [0.25, 0.3) is 0 Å². The molecular weight excluding hydrogens is 176 g/mol. The molecule has 1 rings (SSSR count). The molecule has 0 amide bonds. The van der Waals surface area contributed by atoms with Crippen LogP contribution in [0.5, 0.6) is 0 Å². The molecule has 0 saturated carbocycles. The highest BCUT2D eigenvalue weighted by atomic mass is 16.5. The van der Waals surface area contributed by atoms with Gasteiger partial charge >= 0.3 is 5.97 Å². The van der Waals surface area contributed by atoms with Crippen LogP contribution < -0.4 is 0 Å². The molecule has 0 aromatic heterocycles. The standard InChI is InChI=1S/C12H14O2/c1-3-7-12(14-10(2)13)11-8-5-4-6-9-11/h4-9H,3H2,1-2H3/b12-7-. The first-order valence-corrected chi connectivity index (χ1v) is 4.68. The molecule has 1 aromatic carbocycles. The van der Waals surface area contributed by atoms with E-state index >= 15 is 0 Å². The van der Waals surface area contributed by atoms with Crippen molar-refractivity contribution >= 4 is 11.7 Å². The van der Waals surface area contributed by atoms with Gasteiger partial charge in [-0.3, -0.25) is 4.79 Å². The summed E-state index contributed by atoms with van der Waals surface area (Å²) in [6.45, 7) is 3.42. The summed E-state index contributed by atoms with van der Waals surface area (Å²) in [4.78, 5) is 10.8. The zero-order valence-corrected chi connectivity index (χ0v) is 8.49. The predicted molar refractivity (Wildman–Crippen MR) is 56.5 cm³/mol. The maximum absolute atomic E-state index is 10.8. The Hall–Kier alpha value is -1.57. The summed E-state index contributed by atoms with van der Waals surface area (Å²) in [5, 5.41) is 0. The zero-order valence-electron chi connectivity index (χ0n) is 8.49. The second-order valence-corrected chi connectivity index (χ2v) is 2.94. The molecule has 0 aliphatic carbocycles. The lowest BCUT2D eigenvalue weighted by Crippen LogP contribution is -1.98. The summed E-state index contributed by atoms with van der Waals surface area (Å²) in [7, 11) is 0. The fourth-order valence-electron chi connectivity index (χ4n) is 1.16. The van der Waals surface area contributed by atoms with Gasteiger partial charge < -0.3 is 4.74 Å². The van der Waals surface area contributed by atoms with Crippen molar-refractivity contribution in [1.82, 2.24) is 0 Å². The number of carbonyl (C=O) groups excluding carboxylic acids is 1. The lowest BCUT2D eigenvalue weighted by atomic mass is 10.1. The van der Waals surface area contributed by atoms with Gasteiger partial charge in [-0.25, -0.2) is 0 Å². The van der Waals surface area contributed by atoms with Gasteiger partial charge in [-0.2, -0.15) is 0 Å². The summed E-state index contributed by atoms with van der Waals surface area (Å²) >= 11 is 0. The van der Waals surface area contributed by atoms with E-state index in [0.717, 1.165) is 12.0 Å². The molecule has 0 atom stereocenters. The Morgan fingerprint density at radius 2 is 2.00 bits per heavy atom. The Bertz CT molecular complexity index is 325. The van der Waals surface area contributed by atoms with Crippen molar-refractivity contribution in [3.8, 4) is 0 Å². The third-order valence-corrected chi connectivity index (χ3v) is 1.70. The number of benzene rings is 1. The van der Waals surface area contributed by atoms with Crippen LogP contribution in [0.3, 0.4) is 0 Å². The van der Waals surface area contributed by atoms with Crippen molar-refractivity contribution in [2.45, 2.75) is 20.3 Å². The van der Waals surface area contributed by atoms with Gasteiger partial charge in [0.1, 0.15) is 5.76 Å². The number of rotatable bonds is 3. The molecule has 0 aliphatic rings. The SMILES string of the molecule is CC/C=C(\OC(C)=O)c1ccccc1. The van der Waals surface area contributed by atoms with Crippen LogP contribution in [0.15, 0.2) is 36.4 Å². The number of esters is 1. The molecule has 0 spiro atoms. The second kappa shape index (κ2) is 5.22. The maximum atomic E-state index is 10.8. The fourth-order valence-corrected chi connectivity index (χ4v) is 1.16. The summed E-state index contributed by atoms with van der Waals surface area (Å²) in [6.07, 6.45) is 2.74. The van der Waals surface area contributed by atoms with Gasteiger partial charge in [0.15, 0.2) is 0 Å². The Morgan fingerprint density at radius 1 is 1.36 bits per heavy atom. The first kappa shape index (κ1) is 10.5. The zero-order chi connectivity index (χ0) is 10.4. The van der Waals surface area contributed by atoms with E-state index in [1.165, 1.54) is 6.92 Å². The van der Waals surface area contributed by atoms with Gasteiger partial charge in [0, 0.05) is 12.5 Å². The Kier molecular flexibility index (Phi) is 3.92. The quantitative estimate of drug-likeness (QED) is 0.541. The smallest absolute Gasteiger partial charge is 0.308 e. The van der Waals surface area contributed by atoms with Crippen molar-refractivity contribution in [2.24, 2.45) is 0 Å². The predicted octanol–water partition coefficient (Wildman–Crippen LogP) is 3.00. The highest BCUT2D eigenvalue weighted by Gasteiger charge is 2.03. The maximum Gasteiger partial charge on any atom is 0.308 e. The highest BCUT2D eigenvalue weighted by molar-refractivity contribution is 5.76. The van der Waals surface area contributed by atoms with Crippen molar-refractivity contribution in [2.75, 3.05) is 0 Å². The van der Waals surface area contributed by atoms with E-state index < -0.39 is 0 Å². The Morgan fingerprint density at radius 3 is 2.50 bits per heavy atom. The molecule has 2 heteroatoms. The van der Waals surface area contributed by atoms with E-state index in [2.05, 4.69) is 0 Å². The lowest BCUT2D eigenvalue weighted by molar-refractivity contribution is -0.134. The monoisotopic (exact) mass is 190 g/mol. The molecule has 0 unspecified atom stereocenters. The van der Waals surface area contributed by atoms with Gasteiger partial charge in [-0.05, 0) is 12.5 Å². The number of hydrogen-bond acceptors (Lipinski definition) is 2. The van der Waals surface area contributed by atoms with Crippen LogP contribution in [-0.2, 0) is 9.53 Å². The van der Waals surface area contributed by atoms with Crippen LogP contribution in [0.2, 0.25) is 0 Å². The van der Waals surface area contributed by atoms with Crippen LogP contribution in [0.1, 0.15) is 25.8 Å². The van der Waals surface area contributed by atoms with Gasteiger partial charge in [0.05, 0.1) is 0 Å². The number of carbonyl (C=O) groups is 1. The molecule has 2 nitrogen and oxygen atoms in total. The minimum atomic E-state index is -0.284. The summed E-state index contributed by atoms with van der Waals surface area (Å²) in [5.74, 6) is 0.356. The normalized spacial score (nSPS) is 11.1. The van der Waals surface area contributed by atoms with Crippen LogP contribution in [0.4, 0.5) is 0 Å². The number of ether oxygens (including phenoxy) is 1. The van der Waals surface area contributed by atoms with Crippen LogP contribution in [0.25, 0.3) is 5.76 Å². The van der Waals surface area contributed by atoms with Gasteiger partial charge in [-0.15, -0.1) is 0 Å². The fraction of sp³-hybridized carbons (Fsp3) is 0.250. The van der Waals surface area contributed by atoms with Crippen LogP contribution in [0, 0.1) is 0 Å². The summed E-state index contributed by atoms with van der Waals surface area (Å²) < 4.78 is 5.10. The lowest BCUT2D eigenvalue weighted by Gasteiger charge is -2.06. The van der Waals surface area contributed by atoms with Gasteiger partial charge in [0.2, 0.25) is 0 Å².